The Kier molecular flexibility index (Phi) is 3.49. The summed E-state index contributed by atoms with van der Waals surface area (Å²) >= 11 is 0. The van der Waals surface area contributed by atoms with E-state index in [1.165, 1.54) is 0 Å². The van der Waals surface area contributed by atoms with Crippen molar-refractivity contribution in [2.45, 2.75) is 12.5 Å². The van der Waals surface area contributed by atoms with Gasteiger partial charge in [-0.05, 0) is 12.1 Å². The minimum Gasteiger partial charge on any atom is -0.394 e. The van der Waals surface area contributed by atoms with Gasteiger partial charge in [-0.3, -0.25) is 0 Å². The van der Waals surface area contributed by atoms with Crippen molar-refractivity contribution in [3.05, 3.63) is 35.1 Å². The van der Waals surface area contributed by atoms with Gasteiger partial charge in [0.15, 0.2) is 0 Å². The second kappa shape index (κ2) is 4.43. The molecule has 0 saturated heterocycles. The van der Waals surface area contributed by atoms with Gasteiger partial charge in [0.25, 0.3) is 6.43 Å². The third kappa shape index (κ3) is 2.24. The highest BCUT2D eigenvalue weighted by Gasteiger charge is 2.14. The second-order valence-electron chi connectivity index (χ2n) is 2.87. The van der Waals surface area contributed by atoms with Gasteiger partial charge in [0.05, 0.1) is 12.6 Å². The van der Waals surface area contributed by atoms with Crippen LogP contribution < -0.4 is 5.73 Å². The maximum Gasteiger partial charge on any atom is 0.263 e. The molecule has 0 aromatic heterocycles. The Morgan fingerprint density at radius 2 is 2.00 bits per heavy atom. The van der Waals surface area contributed by atoms with Crippen LogP contribution in [0.2, 0.25) is 0 Å². The van der Waals surface area contributed by atoms with Crippen molar-refractivity contribution >= 4 is 0 Å². The fraction of sp³-hybridized carbons (Fsp3) is 0.333. The quantitative estimate of drug-likeness (QED) is 0.789. The van der Waals surface area contributed by atoms with Crippen molar-refractivity contribution in [2.24, 2.45) is 5.73 Å². The number of hydrogen-bond donors (Lipinski definition) is 2. The second-order valence-corrected chi connectivity index (χ2v) is 2.87. The molecule has 0 bridgehead atoms. The van der Waals surface area contributed by atoms with Crippen LogP contribution in [0.1, 0.15) is 23.6 Å². The number of alkyl halides is 2. The summed E-state index contributed by atoms with van der Waals surface area (Å²) in [7, 11) is 0. The van der Waals surface area contributed by atoms with Crippen molar-refractivity contribution < 1.29 is 18.3 Å². The summed E-state index contributed by atoms with van der Waals surface area (Å²) in [6, 6.07) is 1.93. The van der Waals surface area contributed by atoms with Crippen LogP contribution in [0.3, 0.4) is 0 Å². The molecule has 0 radical (unpaired) electrons. The maximum absolute atomic E-state index is 13.0. The summed E-state index contributed by atoms with van der Waals surface area (Å²) in [5.41, 5.74) is 4.94. The minimum atomic E-state index is -2.67. The van der Waals surface area contributed by atoms with Crippen LogP contribution in [0.4, 0.5) is 13.2 Å². The standard InChI is InChI=1S/C9H10F3NO/c10-7-2-1-5(9(11)12)3-6(7)8(13)4-14/h1-3,8-9,14H,4,13H2/t8-/m1/s1. The first-order chi connectivity index (χ1) is 6.56. The van der Waals surface area contributed by atoms with Crippen molar-refractivity contribution in [1.82, 2.24) is 0 Å². The predicted molar refractivity (Wildman–Crippen MR) is 45.4 cm³/mol. The molecule has 0 aliphatic rings. The maximum atomic E-state index is 13.0. The Balaban J connectivity index is 3.08. The lowest BCUT2D eigenvalue weighted by Crippen LogP contribution is -2.16. The normalized spacial score (nSPS) is 13.3. The van der Waals surface area contributed by atoms with E-state index in [2.05, 4.69) is 0 Å². The summed E-state index contributed by atoms with van der Waals surface area (Å²) in [6.07, 6.45) is -2.67. The van der Waals surface area contributed by atoms with Gasteiger partial charge in [-0.25, -0.2) is 13.2 Å². The zero-order chi connectivity index (χ0) is 10.7. The third-order valence-corrected chi connectivity index (χ3v) is 1.87. The summed E-state index contributed by atoms with van der Waals surface area (Å²) in [5.74, 6) is -0.684. The lowest BCUT2D eigenvalue weighted by molar-refractivity contribution is 0.151. The van der Waals surface area contributed by atoms with Crippen molar-refractivity contribution in [3.8, 4) is 0 Å². The monoisotopic (exact) mass is 205 g/mol. The third-order valence-electron chi connectivity index (χ3n) is 1.87. The molecule has 2 nitrogen and oxygen atoms in total. The van der Waals surface area contributed by atoms with Crippen LogP contribution >= 0.6 is 0 Å². The molecule has 0 amide bonds. The average Bonchev–Trinajstić information content (AvgIpc) is 2.17. The molecule has 0 spiro atoms. The highest BCUT2D eigenvalue weighted by molar-refractivity contribution is 5.28. The zero-order valence-corrected chi connectivity index (χ0v) is 7.25. The van der Waals surface area contributed by atoms with Crippen LogP contribution in [-0.2, 0) is 0 Å². The van der Waals surface area contributed by atoms with Gasteiger partial charge in [-0.2, -0.15) is 0 Å². The summed E-state index contributed by atoms with van der Waals surface area (Å²) in [4.78, 5) is 0. The minimum absolute atomic E-state index is 0.0923. The number of hydrogen-bond acceptors (Lipinski definition) is 2. The number of halogens is 3. The van der Waals surface area contributed by atoms with Gasteiger partial charge in [-0.1, -0.05) is 6.07 Å². The molecule has 14 heavy (non-hydrogen) atoms. The van der Waals surface area contributed by atoms with E-state index >= 15 is 0 Å². The Hall–Kier alpha value is -1.07. The Morgan fingerprint density at radius 1 is 1.36 bits per heavy atom. The number of nitrogens with two attached hydrogens (primary N) is 1. The van der Waals surface area contributed by atoms with Crippen molar-refractivity contribution in [2.75, 3.05) is 6.61 Å². The van der Waals surface area contributed by atoms with Crippen LogP contribution in [0.5, 0.6) is 0 Å². The topological polar surface area (TPSA) is 46.2 Å². The molecule has 1 atom stereocenters. The first kappa shape index (κ1) is 11.0. The molecule has 0 unspecified atom stereocenters. The number of aliphatic hydroxyl groups is 1. The summed E-state index contributed by atoms with van der Waals surface area (Å²) in [6.45, 7) is -0.483. The highest BCUT2D eigenvalue weighted by Crippen LogP contribution is 2.23. The van der Waals surface area contributed by atoms with Gasteiger partial charge in [-0.15, -0.1) is 0 Å². The van der Waals surface area contributed by atoms with E-state index in [4.69, 9.17) is 10.8 Å². The number of aliphatic hydroxyl groups excluding tert-OH is 1. The molecule has 0 heterocycles. The molecule has 78 valence electrons. The molecule has 0 aliphatic heterocycles. The van der Waals surface area contributed by atoms with Gasteiger partial charge >= 0.3 is 0 Å². The molecule has 1 rings (SSSR count). The van der Waals surface area contributed by atoms with Crippen molar-refractivity contribution in [3.63, 3.8) is 0 Å². The molecule has 1 aromatic rings. The van der Waals surface area contributed by atoms with Gasteiger partial charge < -0.3 is 10.8 Å². The average molecular weight is 205 g/mol. The van der Waals surface area contributed by atoms with Crippen LogP contribution in [0.15, 0.2) is 18.2 Å². The number of benzene rings is 1. The first-order valence-corrected chi connectivity index (χ1v) is 4.00. The SMILES string of the molecule is N[C@H](CO)c1cc(C(F)F)ccc1F. The van der Waals surface area contributed by atoms with E-state index in [0.29, 0.717) is 0 Å². The van der Waals surface area contributed by atoms with E-state index in [1.807, 2.05) is 0 Å². The largest absolute Gasteiger partial charge is 0.394 e. The fourth-order valence-electron chi connectivity index (χ4n) is 1.08. The van der Waals surface area contributed by atoms with E-state index in [0.717, 1.165) is 18.2 Å². The molecular weight excluding hydrogens is 195 g/mol. The van der Waals surface area contributed by atoms with E-state index in [9.17, 15) is 13.2 Å². The van der Waals surface area contributed by atoms with E-state index in [-0.39, 0.29) is 11.1 Å². The van der Waals surface area contributed by atoms with Crippen molar-refractivity contribution in [1.29, 1.82) is 0 Å². The van der Waals surface area contributed by atoms with Crippen LogP contribution in [0, 0.1) is 5.82 Å². The zero-order valence-electron chi connectivity index (χ0n) is 7.25. The molecular formula is C9H10F3NO. The predicted octanol–water partition coefficient (Wildman–Crippen LogP) is 1.76. The Labute approximate surface area is 79.2 Å². The molecule has 1 aromatic carbocycles. The molecule has 5 heteroatoms. The fourth-order valence-corrected chi connectivity index (χ4v) is 1.08. The number of rotatable bonds is 3. The van der Waals surface area contributed by atoms with Crippen LogP contribution in [-0.4, -0.2) is 11.7 Å². The first-order valence-electron chi connectivity index (χ1n) is 4.00. The summed E-state index contributed by atoms with van der Waals surface area (Å²) < 4.78 is 37.5. The van der Waals surface area contributed by atoms with E-state index in [1.54, 1.807) is 0 Å². The summed E-state index contributed by atoms with van der Waals surface area (Å²) in [5, 5.41) is 8.66. The Morgan fingerprint density at radius 3 is 2.50 bits per heavy atom. The Bertz CT molecular complexity index is 317. The van der Waals surface area contributed by atoms with Gasteiger partial charge in [0, 0.05) is 11.1 Å². The van der Waals surface area contributed by atoms with E-state index < -0.39 is 24.9 Å². The highest BCUT2D eigenvalue weighted by atomic mass is 19.3. The molecule has 0 fully saturated rings. The van der Waals surface area contributed by atoms with Crippen LogP contribution in [0.25, 0.3) is 0 Å². The molecule has 0 aliphatic carbocycles. The lowest BCUT2D eigenvalue weighted by atomic mass is 10.0. The smallest absolute Gasteiger partial charge is 0.263 e. The van der Waals surface area contributed by atoms with Gasteiger partial charge in [0.2, 0.25) is 0 Å². The lowest BCUT2D eigenvalue weighted by Gasteiger charge is -2.11. The van der Waals surface area contributed by atoms with Gasteiger partial charge in [0.1, 0.15) is 5.82 Å². The molecule has 3 N–H and O–H groups in total. The molecule has 0 saturated carbocycles.